The SMILES string of the molecule is Cc1cccc(NC(=O)CN2CCCC[C@@H]2C(N)=O)c1. The fraction of sp³-hybridized carbons (Fsp3) is 0.467. The van der Waals surface area contributed by atoms with Gasteiger partial charge in [0.2, 0.25) is 11.8 Å². The van der Waals surface area contributed by atoms with Crippen LogP contribution in [0.5, 0.6) is 0 Å². The molecule has 2 amide bonds. The number of nitrogens with one attached hydrogen (secondary N) is 1. The molecule has 0 radical (unpaired) electrons. The number of carbonyl (C=O) groups excluding carboxylic acids is 2. The molecule has 0 aliphatic carbocycles. The average Bonchev–Trinajstić information content (AvgIpc) is 2.38. The third kappa shape index (κ3) is 3.81. The maximum atomic E-state index is 12.1. The van der Waals surface area contributed by atoms with E-state index in [1.165, 1.54) is 0 Å². The minimum atomic E-state index is -0.340. The van der Waals surface area contributed by atoms with Gasteiger partial charge >= 0.3 is 0 Å². The lowest BCUT2D eigenvalue weighted by molar-refractivity contribution is -0.126. The summed E-state index contributed by atoms with van der Waals surface area (Å²) in [4.78, 5) is 25.3. The van der Waals surface area contributed by atoms with Crippen LogP contribution >= 0.6 is 0 Å². The zero-order valence-electron chi connectivity index (χ0n) is 11.8. The van der Waals surface area contributed by atoms with Crippen LogP contribution < -0.4 is 11.1 Å². The van der Waals surface area contributed by atoms with E-state index >= 15 is 0 Å². The minimum Gasteiger partial charge on any atom is -0.368 e. The summed E-state index contributed by atoms with van der Waals surface area (Å²) in [5.41, 5.74) is 7.27. The third-order valence-corrected chi connectivity index (χ3v) is 3.59. The molecule has 20 heavy (non-hydrogen) atoms. The molecule has 2 rings (SSSR count). The van der Waals surface area contributed by atoms with Crippen LogP contribution in [0, 0.1) is 6.92 Å². The predicted molar refractivity (Wildman–Crippen MR) is 78.2 cm³/mol. The molecule has 5 nitrogen and oxygen atoms in total. The highest BCUT2D eigenvalue weighted by Crippen LogP contribution is 2.17. The largest absolute Gasteiger partial charge is 0.368 e. The molecule has 1 aliphatic heterocycles. The van der Waals surface area contributed by atoms with E-state index in [9.17, 15) is 9.59 Å². The van der Waals surface area contributed by atoms with Gasteiger partial charge in [0.15, 0.2) is 0 Å². The molecule has 1 aromatic rings. The summed E-state index contributed by atoms with van der Waals surface area (Å²) in [7, 11) is 0. The number of carbonyl (C=O) groups is 2. The van der Waals surface area contributed by atoms with Crippen molar-refractivity contribution in [3.63, 3.8) is 0 Å². The molecule has 0 unspecified atom stereocenters. The van der Waals surface area contributed by atoms with E-state index in [4.69, 9.17) is 5.73 Å². The quantitative estimate of drug-likeness (QED) is 0.869. The summed E-state index contributed by atoms with van der Waals surface area (Å²) in [5, 5.41) is 2.86. The third-order valence-electron chi connectivity index (χ3n) is 3.59. The Morgan fingerprint density at radius 2 is 2.20 bits per heavy atom. The number of nitrogens with zero attached hydrogens (tertiary/aromatic N) is 1. The van der Waals surface area contributed by atoms with Crippen LogP contribution in [-0.2, 0) is 9.59 Å². The van der Waals surface area contributed by atoms with E-state index in [0.29, 0.717) is 0 Å². The Morgan fingerprint density at radius 3 is 2.90 bits per heavy atom. The second-order valence-electron chi connectivity index (χ2n) is 5.30. The smallest absolute Gasteiger partial charge is 0.238 e. The number of hydrogen-bond donors (Lipinski definition) is 2. The van der Waals surface area contributed by atoms with Crippen molar-refractivity contribution >= 4 is 17.5 Å². The summed E-state index contributed by atoms with van der Waals surface area (Å²) in [6.45, 7) is 2.93. The fourth-order valence-electron chi connectivity index (χ4n) is 2.61. The van der Waals surface area contributed by atoms with Gasteiger partial charge in [0.05, 0.1) is 12.6 Å². The van der Waals surface area contributed by atoms with Crippen molar-refractivity contribution in [2.24, 2.45) is 5.73 Å². The molecule has 1 atom stereocenters. The van der Waals surface area contributed by atoms with Crippen LogP contribution in [-0.4, -0.2) is 35.8 Å². The van der Waals surface area contributed by atoms with E-state index in [1.807, 2.05) is 36.1 Å². The number of primary amides is 1. The van der Waals surface area contributed by atoms with Gasteiger partial charge in [-0.3, -0.25) is 14.5 Å². The summed E-state index contributed by atoms with van der Waals surface area (Å²) >= 11 is 0. The zero-order valence-corrected chi connectivity index (χ0v) is 11.8. The van der Waals surface area contributed by atoms with E-state index in [0.717, 1.165) is 37.1 Å². The number of hydrogen-bond acceptors (Lipinski definition) is 3. The molecule has 0 spiro atoms. The number of aryl methyl sites for hydroxylation is 1. The Hall–Kier alpha value is -1.88. The summed E-state index contributed by atoms with van der Waals surface area (Å²) < 4.78 is 0. The standard InChI is InChI=1S/C15H21N3O2/c1-11-5-4-6-12(9-11)17-14(19)10-18-8-3-2-7-13(18)15(16)20/h4-6,9,13H,2-3,7-8,10H2,1H3,(H2,16,20)(H,17,19)/t13-/m1/s1. The average molecular weight is 275 g/mol. The van der Waals surface area contributed by atoms with Crippen molar-refractivity contribution in [3.05, 3.63) is 29.8 Å². The highest BCUT2D eigenvalue weighted by atomic mass is 16.2. The topological polar surface area (TPSA) is 75.4 Å². The van der Waals surface area contributed by atoms with Crippen molar-refractivity contribution in [2.75, 3.05) is 18.4 Å². The van der Waals surface area contributed by atoms with Crippen LogP contribution in [0.4, 0.5) is 5.69 Å². The zero-order chi connectivity index (χ0) is 14.5. The monoisotopic (exact) mass is 275 g/mol. The lowest BCUT2D eigenvalue weighted by atomic mass is 10.0. The molecule has 0 saturated carbocycles. The van der Waals surface area contributed by atoms with Crippen molar-refractivity contribution in [2.45, 2.75) is 32.2 Å². The highest BCUT2D eigenvalue weighted by Gasteiger charge is 2.28. The predicted octanol–water partition coefficient (Wildman–Crippen LogP) is 1.27. The molecule has 1 fully saturated rings. The molecule has 1 aliphatic rings. The van der Waals surface area contributed by atoms with Gasteiger partial charge in [-0.1, -0.05) is 18.6 Å². The molecule has 0 aromatic heterocycles. The molecular weight excluding hydrogens is 254 g/mol. The van der Waals surface area contributed by atoms with Gasteiger partial charge in [-0.05, 0) is 44.0 Å². The molecular formula is C15H21N3O2. The maximum absolute atomic E-state index is 12.1. The van der Waals surface area contributed by atoms with Crippen LogP contribution in [0.25, 0.3) is 0 Å². The number of benzene rings is 1. The number of likely N-dealkylation sites (tertiary alicyclic amines) is 1. The van der Waals surface area contributed by atoms with Crippen molar-refractivity contribution in [1.29, 1.82) is 0 Å². The number of nitrogens with two attached hydrogens (primary N) is 1. The number of rotatable bonds is 4. The van der Waals surface area contributed by atoms with Crippen LogP contribution in [0.3, 0.4) is 0 Å². The highest BCUT2D eigenvalue weighted by molar-refractivity contribution is 5.92. The first-order valence-corrected chi connectivity index (χ1v) is 6.96. The first kappa shape index (κ1) is 14.5. The van der Waals surface area contributed by atoms with Crippen LogP contribution in [0.15, 0.2) is 24.3 Å². The summed E-state index contributed by atoms with van der Waals surface area (Å²) in [6, 6.07) is 7.33. The van der Waals surface area contributed by atoms with E-state index in [-0.39, 0.29) is 24.4 Å². The van der Waals surface area contributed by atoms with Gasteiger partial charge in [0, 0.05) is 5.69 Å². The number of anilines is 1. The van der Waals surface area contributed by atoms with Crippen molar-refractivity contribution in [1.82, 2.24) is 4.90 Å². The molecule has 3 N–H and O–H groups in total. The van der Waals surface area contributed by atoms with E-state index in [1.54, 1.807) is 0 Å². The second-order valence-corrected chi connectivity index (χ2v) is 5.30. The molecule has 1 saturated heterocycles. The van der Waals surface area contributed by atoms with Crippen LogP contribution in [0.1, 0.15) is 24.8 Å². The molecule has 0 bridgehead atoms. The van der Waals surface area contributed by atoms with E-state index < -0.39 is 0 Å². The Balaban J connectivity index is 1.94. The first-order chi connectivity index (χ1) is 9.56. The Labute approximate surface area is 119 Å². The normalized spacial score (nSPS) is 19.6. The van der Waals surface area contributed by atoms with Gasteiger partial charge in [-0.15, -0.1) is 0 Å². The summed E-state index contributed by atoms with van der Waals surface area (Å²) in [6.07, 6.45) is 2.73. The van der Waals surface area contributed by atoms with Gasteiger partial charge in [-0.2, -0.15) is 0 Å². The maximum Gasteiger partial charge on any atom is 0.238 e. The summed E-state index contributed by atoms with van der Waals surface area (Å²) in [5.74, 6) is -0.447. The Bertz CT molecular complexity index is 502. The lowest BCUT2D eigenvalue weighted by Gasteiger charge is -2.32. The molecule has 1 aromatic carbocycles. The second kappa shape index (κ2) is 6.52. The first-order valence-electron chi connectivity index (χ1n) is 6.96. The molecule has 108 valence electrons. The van der Waals surface area contributed by atoms with E-state index in [2.05, 4.69) is 5.32 Å². The molecule has 1 heterocycles. The Kier molecular flexibility index (Phi) is 4.74. The fourth-order valence-corrected chi connectivity index (χ4v) is 2.61. The Morgan fingerprint density at radius 1 is 1.40 bits per heavy atom. The number of amides is 2. The van der Waals surface area contributed by atoms with Gasteiger partial charge in [0.25, 0.3) is 0 Å². The van der Waals surface area contributed by atoms with Crippen LogP contribution in [0.2, 0.25) is 0 Å². The van der Waals surface area contributed by atoms with Gasteiger partial charge in [-0.25, -0.2) is 0 Å². The van der Waals surface area contributed by atoms with Crippen molar-refractivity contribution < 1.29 is 9.59 Å². The lowest BCUT2D eigenvalue weighted by Crippen LogP contribution is -2.50. The van der Waals surface area contributed by atoms with Crippen molar-refractivity contribution in [3.8, 4) is 0 Å². The van der Waals surface area contributed by atoms with Gasteiger partial charge < -0.3 is 11.1 Å². The minimum absolute atomic E-state index is 0.108. The molecule has 5 heteroatoms. The van der Waals surface area contributed by atoms with Gasteiger partial charge in [0.1, 0.15) is 0 Å². The number of piperidine rings is 1.